The Morgan fingerprint density at radius 2 is 0.533 bits per heavy atom. The maximum Gasteiger partial charge on any atom is 0.173 e. The number of thioether (sulfide) groups is 5. The van der Waals surface area contributed by atoms with Crippen LogP contribution in [0.25, 0.3) is 28.4 Å². The Balaban J connectivity index is 0.000000149. The molecule has 0 atom stereocenters. The second-order valence-electron chi connectivity index (χ2n) is 28.1. The van der Waals surface area contributed by atoms with E-state index in [4.69, 9.17) is 51.1 Å². The van der Waals surface area contributed by atoms with Gasteiger partial charge in [-0.2, -0.15) is 0 Å². The smallest absolute Gasteiger partial charge is 0.173 e. The van der Waals surface area contributed by atoms with E-state index in [-0.39, 0.29) is 28.9 Å². The highest BCUT2D eigenvalue weighted by Crippen LogP contribution is 2.29. The summed E-state index contributed by atoms with van der Waals surface area (Å²) in [6.45, 7) is 12.7. The number of ether oxygens (including phenoxy) is 1. The third kappa shape index (κ3) is 29.6. The molecule has 0 bridgehead atoms. The first-order chi connectivity index (χ1) is 59.1. The molecule has 0 fully saturated rings. The van der Waals surface area contributed by atoms with Crippen LogP contribution in [0.5, 0.6) is 5.75 Å². The molecule has 0 N–H and O–H groups in total. The number of carbonyl (C=O) groups excluding carboxylic acids is 5. The summed E-state index contributed by atoms with van der Waals surface area (Å²) in [4.78, 5) is 82.9. The van der Waals surface area contributed by atoms with Gasteiger partial charge < -0.3 is 4.74 Å². The lowest BCUT2D eigenvalue weighted by atomic mass is 10.1. The predicted molar refractivity (Wildman–Crippen MR) is 502 cm³/mol. The van der Waals surface area contributed by atoms with Crippen molar-refractivity contribution in [2.45, 2.75) is 99.4 Å². The number of imidazole rings is 5. The first kappa shape index (κ1) is 92.0. The zero-order valence-corrected chi connectivity index (χ0v) is 75.2. The molecule has 16 nitrogen and oxygen atoms in total. The normalized spacial score (nSPS) is 10.7. The van der Waals surface area contributed by atoms with Gasteiger partial charge in [0.1, 0.15) is 34.7 Å². The average Bonchev–Trinajstić information content (AvgIpc) is 1.69. The van der Waals surface area contributed by atoms with E-state index in [0.717, 1.165) is 93.3 Å². The minimum atomic E-state index is 0.155. The van der Waals surface area contributed by atoms with Crippen LogP contribution in [0.15, 0.2) is 330 Å². The number of Topliss-reactive ketones (excluding diaryl/α,β-unsaturated/α-hetero) is 5. The molecular formula is C97H90Cl4N10O6S5. The third-order valence-electron chi connectivity index (χ3n) is 18.3. The Labute approximate surface area is 753 Å². The number of aromatic nitrogens is 10. The summed E-state index contributed by atoms with van der Waals surface area (Å²) >= 11 is 31.2. The van der Waals surface area contributed by atoms with E-state index in [2.05, 4.69) is 24.9 Å². The molecule has 10 aromatic carbocycles. The monoisotopic (exact) mass is 1790 g/mol. The Morgan fingerprint density at radius 1 is 0.295 bits per heavy atom. The molecule has 0 aliphatic heterocycles. The zero-order valence-electron chi connectivity index (χ0n) is 68.1. The van der Waals surface area contributed by atoms with Gasteiger partial charge in [0.25, 0.3) is 0 Å². The molecule has 0 unspecified atom stereocenters. The molecule has 5 heterocycles. The van der Waals surface area contributed by atoms with Crippen LogP contribution < -0.4 is 4.74 Å². The van der Waals surface area contributed by atoms with E-state index in [1.165, 1.54) is 81.1 Å². The highest BCUT2D eigenvalue weighted by Gasteiger charge is 2.17. The summed E-state index contributed by atoms with van der Waals surface area (Å²) in [6.07, 6.45) is 20.4. The number of hydrogen-bond donors (Lipinski definition) is 0. The van der Waals surface area contributed by atoms with Crippen LogP contribution in [0.4, 0.5) is 0 Å². The SMILES string of the molecule is CCOc1ccc(-n2ccnc2SCC(=O)Cc2ccc(C)cc2)cc1.Cc1ccc(CC(=O)CSc2nccn2-c2ccc(Cl)cc2)cc1.Cc1ccc(CC(=O)CSc2nccn2-c2ccc(Cl)cc2)cc1.Cc1ccc(CC(=O)CSc2nccn2-c2ccc(Cl)cc2)cc1.Cc1ccc(CC(=O)CSc2nccn2-c2ccccc2)cc1Cl. The summed E-state index contributed by atoms with van der Waals surface area (Å²) in [7, 11) is 0. The van der Waals surface area contributed by atoms with Crippen molar-refractivity contribution in [3.05, 3.63) is 380 Å². The number of aryl methyl sites for hydroxylation is 5. The molecule has 0 saturated heterocycles. The maximum absolute atomic E-state index is 12.3. The Bertz CT molecular complexity index is 5510. The van der Waals surface area contributed by atoms with Crippen molar-refractivity contribution in [3.63, 3.8) is 0 Å². The molecule has 0 radical (unpaired) electrons. The lowest BCUT2D eigenvalue weighted by Gasteiger charge is -2.09. The molecule has 622 valence electrons. The van der Waals surface area contributed by atoms with Gasteiger partial charge in [-0.3, -0.25) is 46.8 Å². The Kier molecular flexibility index (Phi) is 36.0. The lowest BCUT2D eigenvalue weighted by molar-refractivity contribution is -0.116. The fraction of sp³-hybridized carbons (Fsp3) is 0.175. The minimum Gasteiger partial charge on any atom is -0.494 e. The van der Waals surface area contributed by atoms with Crippen LogP contribution in [-0.4, -0.2) is 112 Å². The van der Waals surface area contributed by atoms with Crippen molar-refractivity contribution in [1.82, 2.24) is 47.8 Å². The second kappa shape index (κ2) is 47.7. The molecule has 0 aliphatic carbocycles. The number of ketones is 5. The van der Waals surface area contributed by atoms with Crippen LogP contribution in [0, 0.1) is 34.6 Å². The first-order valence-corrected chi connectivity index (χ1v) is 45.5. The highest BCUT2D eigenvalue weighted by molar-refractivity contribution is 8.00. The fourth-order valence-corrected chi connectivity index (χ4v) is 16.7. The summed E-state index contributed by atoms with van der Waals surface area (Å²) in [5.74, 6) is 3.76. The van der Waals surface area contributed by atoms with Gasteiger partial charge >= 0.3 is 0 Å². The zero-order chi connectivity index (χ0) is 86.1. The summed E-state index contributed by atoms with van der Waals surface area (Å²) in [5, 5.41) is 6.82. The van der Waals surface area contributed by atoms with E-state index in [1.54, 1.807) is 31.0 Å². The van der Waals surface area contributed by atoms with E-state index in [0.29, 0.717) is 87.6 Å². The Hall–Kier alpha value is -10.7. The van der Waals surface area contributed by atoms with Crippen molar-refractivity contribution in [1.29, 1.82) is 0 Å². The molecule has 0 aliphatic rings. The van der Waals surface area contributed by atoms with Crippen LogP contribution in [0.3, 0.4) is 0 Å². The fourth-order valence-electron chi connectivity index (χ4n) is 11.9. The highest BCUT2D eigenvalue weighted by atomic mass is 35.5. The van der Waals surface area contributed by atoms with Gasteiger partial charge in [0, 0.05) is 143 Å². The lowest BCUT2D eigenvalue weighted by Crippen LogP contribution is -2.07. The van der Waals surface area contributed by atoms with Gasteiger partial charge in [-0.05, 0) is 190 Å². The van der Waals surface area contributed by atoms with Gasteiger partial charge in [0.2, 0.25) is 0 Å². The average molecular weight is 1790 g/mol. The van der Waals surface area contributed by atoms with Crippen molar-refractivity contribution >= 4 is 134 Å². The van der Waals surface area contributed by atoms with E-state index in [9.17, 15) is 24.0 Å². The van der Waals surface area contributed by atoms with Crippen LogP contribution in [-0.2, 0) is 56.1 Å². The topological polar surface area (TPSA) is 184 Å². The van der Waals surface area contributed by atoms with Crippen LogP contribution in [0.1, 0.15) is 62.6 Å². The van der Waals surface area contributed by atoms with Gasteiger partial charge in [-0.15, -0.1) is 0 Å². The molecule has 25 heteroatoms. The van der Waals surface area contributed by atoms with Crippen molar-refractivity contribution in [2.24, 2.45) is 0 Å². The molecule has 5 aromatic heterocycles. The van der Waals surface area contributed by atoms with Crippen molar-refractivity contribution < 1.29 is 28.7 Å². The summed E-state index contributed by atoms with van der Waals surface area (Å²) < 4.78 is 15.3. The molecule has 0 amide bonds. The van der Waals surface area contributed by atoms with Gasteiger partial charge in [0.15, 0.2) is 25.8 Å². The quantitative estimate of drug-likeness (QED) is 0.0362. The standard InChI is InChI=1S/C21H22N2O2S.4C19H17ClN2OS/c1-3-25-20-10-8-18(9-11-20)23-13-12-22-21(23)26-15-19(24)14-17-6-4-16(2)5-7-17;3*1-14-2-4-15(5-3-14)12-18(23)13-24-19-21-10-11-22(19)17-8-6-16(20)7-9-17;1-14-7-8-15(12-18(14)20)11-17(23)13-24-19-21-9-10-22(19)16-5-3-2-4-6-16/h4-13H,3,14-15H2,1-2H3;3*2-11H,12-13H2,1H3;2-10,12H,11,13H2,1H3. The van der Waals surface area contributed by atoms with Crippen LogP contribution >= 0.6 is 105 Å². The maximum atomic E-state index is 12.3. The molecule has 15 rings (SSSR count). The number of rotatable bonds is 32. The van der Waals surface area contributed by atoms with Crippen molar-refractivity contribution in [2.75, 3.05) is 35.4 Å². The first-order valence-electron chi connectivity index (χ1n) is 39.1. The van der Waals surface area contributed by atoms with E-state index in [1.807, 2.05) is 338 Å². The number of nitrogens with zero attached hydrogens (tertiary/aromatic N) is 10. The summed E-state index contributed by atoms with van der Waals surface area (Å²) in [5.41, 5.74) is 15.9. The molecule has 0 spiro atoms. The van der Waals surface area contributed by atoms with Gasteiger partial charge in [-0.25, -0.2) is 24.9 Å². The largest absolute Gasteiger partial charge is 0.494 e. The molecular weight excluding hydrogens is 1700 g/mol. The molecule has 122 heavy (non-hydrogen) atoms. The molecule has 15 aromatic rings. The van der Waals surface area contributed by atoms with E-state index >= 15 is 0 Å². The number of halogens is 4. The minimum absolute atomic E-state index is 0.155. The predicted octanol–water partition coefficient (Wildman–Crippen LogP) is 23.4. The molecule has 0 saturated carbocycles. The van der Waals surface area contributed by atoms with Gasteiger partial charge in [-0.1, -0.05) is 255 Å². The number of benzene rings is 10. The second-order valence-corrected chi connectivity index (χ2v) is 34.6. The van der Waals surface area contributed by atoms with Crippen LogP contribution in [0.2, 0.25) is 20.1 Å². The van der Waals surface area contributed by atoms with Gasteiger partial charge in [0.05, 0.1) is 35.4 Å². The summed E-state index contributed by atoms with van der Waals surface area (Å²) in [6, 6.07) is 78.6. The third-order valence-corrected chi connectivity index (χ3v) is 24.6. The number of carbonyl (C=O) groups is 5. The van der Waals surface area contributed by atoms with Crippen molar-refractivity contribution in [3.8, 4) is 34.2 Å². The number of para-hydroxylation sites is 1. The number of hydrogen-bond acceptors (Lipinski definition) is 16. The Morgan fingerprint density at radius 3 is 0.787 bits per heavy atom. The van der Waals surface area contributed by atoms with E-state index < -0.39 is 0 Å².